The zero-order valence-electron chi connectivity index (χ0n) is 18.1. The number of aryl methyl sites for hydroxylation is 1. The second kappa shape index (κ2) is 10.7. The molecule has 0 bridgehead atoms. The SMILES string of the molecule is CC(=O)N(c1ccccc1)c1nc(/C=C/C(=O)NCCc2ccc(-c3csc(C)n3)s2)cs1. The van der Waals surface area contributed by atoms with Gasteiger partial charge >= 0.3 is 0 Å². The van der Waals surface area contributed by atoms with Crippen LogP contribution >= 0.6 is 34.0 Å². The third kappa shape index (κ3) is 6.01. The van der Waals surface area contributed by atoms with E-state index >= 15 is 0 Å². The largest absolute Gasteiger partial charge is 0.352 e. The summed E-state index contributed by atoms with van der Waals surface area (Å²) in [5.41, 5.74) is 2.40. The Morgan fingerprint density at radius 1 is 1.06 bits per heavy atom. The molecule has 0 spiro atoms. The summed E-state index contributed by atoms with van der Waals surface area (Å²) in [4.78, 5) is 37.3. The molecule has 6 nitrogen and oxygen atoms in total. The Hall–Kier alpha value is -3.14. The lowest BCUT2D eigenvalue weighted by Crippen LogP contribution is -2.23. The van der Waals surface area contributed by atoms with Crippen molar-refractivity contribution in [3.63, 3.8) is 0 Å². The first-order valence-electron chi connectivity index (χ1n) is 10.3. The van der Waals surface area contributed by atoms with Crippen LogP contribution in [0.25, 0.3) is 16.6 Å². The maximum atomic E-state index is 12.2. The maximum absolute atomic E-state index is 12.2. The molecule has 33 heavy (non-hydrogen) atoms. The van der Waals surface area contributed by atoms with Crippen molar-refractivity contribution < 1.29 is 9.59 Å². The highest BCUT2D eigenvalue weighted by Crippen LogP contribution is 2.30. The normalized spacial score (nSPS) is 11.1. The van der Waals surface area contributed by atoms with Crippen LogP contribution in [0.2, 0.25) is 0 Å². The lowest BCUT2D eigenvalue weighted by Gasteiger charge is -2.17. The van der Waals surface area contributed by atoms with Crippen molar-refractivity contribution in [3.05, 3.63) is 74.9 Å². The first-order valence-corrected chi connectivity index (χ1v) is 12.9. The second-order valence-electron chi connectivity index (χ2n) is 7.14. The average molecular weight is 495 g/mol. The number of rotatable bonds is 8. The van der Waals surface area contributed by atoms with E-state index in [1.165, 1.54) is 29.2 Å². The van der Waals surface area contributed by atoms with Crippen LogP contribution in [0.5, 0.6) is 0 Å². The summed E-state index contributed by atoms with van der Waals surface area (Å²) >= 11 is 4.70. The van der Waals surface area contributed by atoms with Crippen molar-refractivity contribution in [2.24, 2.45) is 0 Å². The van der Waals surface area contributed by atoms with Gasteiger partial charge in [-0.2, -0.15) is 0 Å². The Labute approximate surface area is 204 Å². The lowest BCUT2D eigenvalue weighted by atomic mass is 10.3. The minimum absolute atomic E-state index is 0.120. The van der Waals surface area contributed by atoms with Gasteiger partial charge in [0.2, 0.25) is 11.8 Å². The van der Waals surface area contributed by atoms with E-state index in [2.05, 4.69) is 32.8 Å². The van der Waals surface area contributed by atoms with Crippen molar-refractivity contribution in [3.8, 4) is 10.6 Å². The molecule has 3 heterocycles. The number of thiophene rings is 1. The molecule has 0 aliphatic carbocycles. The number of aromatic nitrogens is 2. The van der Waals surface area contributed by atoms with Gasteiger partial charge < -0.3 is 5.32 Å². The fourth-order valence-corrected chi connectivity index (χ4v) is 5.63. The summed E-state index contributed by atoms with van der Waals surface area (Å²) in [6, 6.07) is 13.5. The van der Waals surface area contributed by atoms with Gasteiger partial charge in [0, 0.05) is 35.2 Å². The molecule has 0 aliphatic heterocycles. The lowest BCUT2D eigenvalue weighted by molar-refractivity contribution is -0.117. The molecule has 0 radical (unpaired) electrons. The number of hydrogen-bond donors (Lipinski definition) is 1. The van der Waals surface area contributed by atoms with Gasteiger partial charge in [-0.15, -0.1) is 34.0 Å². The first kappa shape index (κ1) is 23.0. The fraction of sp³-hybridized carbons (Fsp3) is 0.167. The van der Waals surface area contributed by atoms with E-state index in [1.54, 1.807) is 33.6 Å². The van der Waals surface area contributed by atoms with Crippen molar-refractivity contribution in [1.29, 1.82) is 0 Å². The van der Waals surface area contributed by atoms with Crippen molar-refractivity contribution in [2.75, 3.05) is 11.4 Å². The smallest absolute Gasteiger partial charge is 0.244 e. The summed E-state index contributed by atoms with van der Waals surface area (Å²) in [6.45, 7) is 4.06. The molecule has 0 fully saturated rings. The summed E-state index contributed by atoms with van der Waals surface area (Å²) in [5.74, 6) is -0.298. The van der Waals surface area contributed by atoms with Crippen LogP contribution < -0.4 is 10.2 Å². The van der Waals surface area contributed by atoms with E-state index in [9.17, 15) is 9.59 Å². The van der Waals surface area contributed by atoms with Gasteiger partial charge in [-0.3, -0.25) is 14.5 Å². The van der Waals surface area contributed by atoms with Gasteiger partial charge in [-0.25, -0.2) is 9.97 Å². The minimum atomic E-state index is -0.178. The summed E-state index contributed by atoms with van der Waals surface area (Å²) in [6.07, 6.45) is 3.89. The van der Waals surface area contributed by atoms with E-state index in [1.807, 2.05) is 42.6 Å². The number of nitrogens with zero attached hydrogens (tertiary/aromatic N) is 3. The number of nitrogens with one attached hydrogen (secondary N) is 1. The standard InChI is InChI=1S/C24H22N4O2S3/c1-16-26-21(15-31-16)22-10-9-20(33-22)12-13-25-23(30)11-8-18-14-32-24(27-18)28(17(2)29)19-6-4-3-5-7-19/h3-11,14-15H,12-13H2,1-2H3,(H,25,30)/b11-8+. The molecule has 168 valence electrons. The highest BCUT2D eigenvalue weighted by Gasteiger charge is 2.17. The van der Waals surface area contributed by atoms with Gasteiger partial charge in [-0.1, -0.05) is 18.2 Å². The molecule has 0 saturated heterocycles. The molecule has 0 saturated carbocycles. The highest BCUT2D eigenvalue weighted by atomic mass is 32.1. The van der Waals surface area contributed by atoms with Crippen LogP contribution in [0, 0.1) is 6.92 Å². The van der Waals surface area contributed by atoms with Crippen LogP contribution in [0.4, 0.5) is 10.8 Å². The number of para-hydroxylation sites is 1. The summed E-state index contributed by atoms with van der Waals surface area (Å²) < 4.78 is 0. The number of anilines is 2. The van der Waals surface area contributed by atoms with E-state index in [0.29, 0.717) is 17.4 Å². The molecule has 0 aliphatic rings. The number of amides is 2. The third-order valence-corrected chi connectivity index (χ3v) is 7.42. The van der Waals surface area contributed by atoms with Crippen molar-refractivity contribution in [2.45, 2.75) is 20.3 Å². The van der Waals surface area contributed by atoms with Crippen LogP contribution in [0.3, 0.4) is 0 Å². The Morgan fingerprint density at radius 2 is 1.88 bits per heavy atom. The fourth-order valence-electron chi connectivity index (χ4n) is 3.11. The zero-order valence-corrected chi connectivity index (χ0v) is 20.6. The van der Waals surface area contributed by atoms with Gasteiger partial charge in [0.05, 0.1) is 27.0 Å². The number of carbonyl (C=O) groups excluding carboxylic acids is 2. The Kier molecular flexibility index (Phi) is 7.43. The Bertz CT molecular complexity index is 1270. The molecular weight excluding hydrogens is 472 g/mol. The average Bonchev–Trinajstić information content (AvgIpc) is 3.54. The molecule has 0 atom stereocenters. The predicted octanol–water partition coefficient (Wildman–Crippen LogP) is 5.69. The molecule has 1 aromatic carbocycles. The number of thiazole rings is 2. The van der Waals surface area contributed by atoms with E-state index in [-0.39, 0.29) is 11.8 Å². The maximum Gasteiger partial charge on any atom is 0.244 e. The van der Waals surface area contributed by atoms with Crippen LogP contribution in [-0.4, -0.2) is 28.3 Å². The number of benzene rings is 1. The third-order valence-electron chi connectivity index (χ3n) is 4.64. The number of hydrogen-bond acceptors (Lipinski definition) is 7. The highest BCUT2D eigenvalue weighted by molar-refractivity contribution is 7.16. The first-order chi connectivity index (χ1) is 16.0. The van der Waals surface area contributed by atoms with Crippen LogP contribution in [-0.2, 0) is 16.0 Å². The number of carbonyl (C=O) groups is 2. The molecule has 0 unspecified atom stereocenters. The topological polar surface area (TPSA) is 75.2 Å². The van der Waals surface area contributed by atoms with Crippen molar-refractivity contribution >= 4 is 62.7 Å². The molecule has 9 heteroatoms. The quantitative estimate of drug-likeness (QED) is 0.319. The van der Waals surface area contributed by atoms with Gasteiger partial charge in [-0.05, 0) is 43.7 Å². The Balaban J connectivity index is 1.30. The monoisotopic (exact) mass is 494 g/mol. The molecule has 2 amide bonds. The van der Waals surface area contributed by atoms with Crippen LogP contribution in [0.1, 0.15) is 22.5 Å². The predicted molar refractivity (Wildman–Crippen MR) is 137 cm³/mol. The zero-order chi connectivity index (χ0) is 23.2. The van der Waals surface area contributed by atoms with Crippen LogP contribution in [0.15, 0.2) is 59.3 Å². The molecule has 1 N–H and O–H groups in total. The summed E-state index contributed by atoms with van der Waals surface area (Å²) in [7, 11) is 0. The molecular formula is C24H22N4O2S3. The Morgan fingerprint density at radius 3 is 2.61 bits per heavy atom. The van der Waals surface area contributed by atoms with E-state index in [4.69, 9.17) is 0 Å². The molecule has 4 aromatic rings. The van der Waals surface area contributed by atoms with Gasteiger partial charge in [0.15, 0.2) is 5.13 Å². The van der Waals surface area contributed by atoms with E-state index < -0.39 is 0 Å². The minimum Gasteiger partial charge on any atom is -0.352 e. The van der Waals surface area contributed by atoms with Gasteiger partial charge in [0.1, 0.15) is 0 Å². The molecule has 3 aromatic heterocycles. The van der Waals surface area contributed by atoms with E-state index in [0.717, 1.165) is 27.7 Å². The van der Waals surface area contributed by atoms with Crippen molar-refractivity contribution in [1.82, 2.24) is 15.3 Å². The van der Waals surface area contributed by atoms with Gasteiger partial charge in [0.25, 0.3) is 0 Å². The summed E-state index contributed by atoms with van der Waals surface area (Å²) in [5, 5.41) is 8.42. The second-order valence-corrected chi connectivity index (χ2v) is 10.2. The molecule has 4 rings (SSSR count).